The predicted molar refractivity (Wildman–Crippen MR) is 92.0 cm³/mol. The normalized spacial score (nSPS) is 15.5. The Morgan fingerprint density at radius 2 is 1.48 bits per heavy atom. The van der Waals surface area contributed by atoms with Gasteiger partial charge in [0, 0.05) is 7.11 Å². The van der Waals surface area contributed by atoms with E-state index in [4.69, 9.17) is 4.52 Å². The molecule has 1 aromatic carbocycles. The van der Waals surface area contributed by atoms with Gasteiger partial charge in [-0.1, -0.05) is 53.7 Å². The third-order valence-corrected chi connectivity index (χ3v) is 4.63. The Labute approximate surface area is 139 Å². The van der Waals surface area contributed by atoms with Gasteiger partial charge in [0.15, 0.2) is 0 Å². The Bertz CT molecular complexity index is 561. The Hall–Kier alpha value is -0.870. The lowest BCUT2D eigenvalue weighted by atomic mass is 9.78. The Balaban J connectivity index is 3.16. The lowest BCUT2D eigenvalue weighted by molar-refractivity contribution is 0.175. The van der Waals surface area contributed by atoms with E-state index in [1.165, 1.54) is 0 Å². The van der Waals surface area contributed by atoms with Crippen molar-refractivity contribution in [1.82, 2.24) is 0 Å². The van der Waals surface area contributed by atoms with Crippen LogP contribution >= 0.6 is 7.82 Å². The molecule has 0 radical (unpaired) electrons. The molecule has 0 saturated carbocycles. The van der Waals surface area contributed by atoms with Crippen molar-refractivity contribution in [2.75, 3.05) is 13.7 Å². The fourth-order valence-electron chi connectivity index (χ4n) is 2.31. The molecule has 1 unspecified atom stereocenters. The first-order chi connectivity index (χ1) is 10.3. The lowest BCUT2D eigenvalue weighted by Gasteiger charge is -2.28. The van der Waals surface area contributed by atoms with Crippen LogP contribution in [0.4, 0.5) is 0 Å². The van der Waals surface area contributed by atoms with Crippen molar-refractivity contribution < 1.29 is 23.6 Å². The zero-order valence-electron chi connectivity index (χ0n) is 15.1. The Morgan fingerprint density at radius 3 is 1.83 bits per heavy atom. The zero-order chi connectivity index (χ0) is 18.1. The number of rotatable bonds is 5. The fourth-order valence-corrected chi connectivity index (χ4v) is 2.74. The van der Waals surface area contributed by atoms with Gasteiger partial charge in [0.1, 0.15) is 5.75 Å². The minimum Gasteiger partial charge on any atom is -0.507 e. The SMILES string of the molecule is COP(=O)(O)OCCc1cc(C(C)(C)C)c(O)c(C(C)(C)C)c1. The van der Waals surface area contributed by atoms with Gasteiger partial charge in [-0.25, -0.2) is 4.57 Å². The maximum Gasteiger partial charge on any atom is 0.471 e. The van der Waals surface area contributed by atoms with E-state index in [9.17, 15) is 14.6 Å². The zero-order valence-corrected chi connectivity index (χ0v) is 16.0. The van der Waals surface area contributed by atoms with Crippen LogP contribution in [-0.2, 0) is 30.9 Å². The van der Waals surface area contributed by atoms with Gasteiger partial charge in [-0.15, -0.1) is 0 Å². The fraction of sp³-hybridized carbons (Fsp3) is 0.647. The summed E-state index contributed by atoms with van der Waals surface area (Å²) in [5, 5.41) is 10.6. The third-order valence-electron chi connectivity index (χ3n) is 3.66. The highest BCUT2D eigenvalue weighted by Crippen LogP contribution is 2.43. The number of benzene rings is 1. The number of phenolic OH excluding ortho intramolecular Hbond substituents is 1. The molecule has 0 heterocycles. The van der Waals surface area contributed by atoms with Crippen molar-refractivity contribution in [1.29, 1.82) is 0 Å². The molecule has 0 fully saturated rings. The summed E-state index contributed by atoms with van der Waals surface area (Å²) in [6.45, 7) is 12.3. The average Bonchev–Trinajstić information content (AvgIpc) is 2.37. The summed E-state index contributed by atoms with van der Waals surface area (Å²) in [5.74, 6) is 0.319. The van der Waals surface area contributed by atoms with Crippen LogP contribution in [0, 0.1) is 0 Å². The molecule has 0 aliphatic rings. The van der Waals surface area contributed by atoms with Gasteiger partial charge in [-0.2, -0.15) is 0 Å². The standard InChI is InChI=1S/C17H29O5P/c1-16(2,3)13-10-12(8-9-22-23(19,20)21-7)11-14(15(13)18)17(4,5)6/h10-11,18H,8-9H2,1-7H3,(H,19,20). The van der Waals surface area contributed by atoms with Crippen LogP contribution in [0.1, 0.15) is 58.2 Å². The molecule has 2 N–H and O–H groups in total. The van der Waals surface area contributed by atoms with Crippen molar-refractivity contribution in [2.45, 2.75) is 58.8 Å². The third kappa shape index (κ3) is 5.61. The van der Waals surface area contributed by atoms with Crippen LogP contribution in [0.2, 0.25) is 0 Å². The summed E-state index contributed by atoms with van der Waals surface area (Å²) in [6, 6.07) is 3.87. The lowest BCUT2D eigenvalue weighted by Crippen LogP contribution is -2.18. The van der Waals surface area contributed by atoms with Crippen molar-refractivity contribution in [3.63, 3.8) is 0 Å². The van der Waals surface area contributed by atoms with E-state index >= 15 is 0 Å². The number of hydrogen-bond acceptors (Lipinski definition) is 4. The van der Waals surface area contributed by atoms with E-state index in [1.807, 2.05) is 53.7 Å². The molecular weight excluding hydrogens is 315 g/mol. The number of aromatic hydroxyl groups is 1. The van der Waals surface area contributed by atoms with Gasteiger partial charge >= 0.3 is 7.82 Å². The second-order valence-electron chi connectivity index (χ2n) is 7.77. The molecule has 5 nitrogen and oxygen atoms in total. The molecule has 6 heteroatoms. The first-order valence-corrected chi connectivity index (χ1v) is 9.17. The second-order valence-corrected chi connectivity index (χ2v) is 9.33. The summed E-state index contributed by atoms with van der Waals surface area (Å²) in [5.41, 5.74) is 2.26. The van der Waals surface area contributed by atoms with Gasteiger partial charge in [0.2, 0.25) is 0 Å². The largest absolute Gasteiger partial charge is 0.507 e. The number of hydrogen-bond donors (Lipinski definition) is 2. The monoisotopic (exact) mass is 344 g/mol. The molecule has 0 saturated heterocycles. The quantitative estimate of drug-likeness (QED) is 0.779. The van der Waals surface area contributed by atoms with Crippen molar-refractivity contribution >= 4 is 7.82 Å². The van der Waals surface area contributed by atoms with Crippen LogP contribution in [0.5, 0.6) is 5.75 Å². The summed E-state index contributed by atoms with van der Waals surface area (Å²) < 4.78 is 20.6. The molecule has 23 heavy (non-hydrogen) atoms. The molecule has 0 amide bonds. The summed E-state index contributed by atoms with van der Waals surface area (Å²) in [6.07, 6.45) is 0.459. The second kappa shape index (κ2) is 6.94. The number of phenols is 1. The van der Waals surface area contributed by atoms with Gasteiger partial charge < -0.3 is 10.00 Å². The minimum atomic E-state index is -3.96. The molecule has 1 aromatic rings. The molecule has 1 rings (SSSR count). The van der Waals surface area contributed by atoms with E-state index in [1.54, 1.807) is 0 Å². The average molecular weight is 344 g/mol. The van der Waals surface area contributed by atoms with Crippen molar-refractivity contribution in [2.24, 2.45) is 0 Å². The maximum atomic E-state index is 11.4. The summed E-state index contributed by atoms with van der Waals surface area (Å²) in [4.78, 5) is 9.28. The minimum absolute atomic E-state index is 0.0690. The first-order valence-electron chi connectivity index (χ1n) is 7.68. The van der Waals surface area contributed by atoms with E-state index < -0.39 is 7.82 Å². The van der Waals surface area contributed by atoms with Gasteiger partial charge in [-0.05, 0) is 33.9 Å². The van der Waals surface area contributed by atoms with Gasteiger partial charge in [0.25, 0.3) is 0 Å². The topological polar surface area (TPSA) is 76.0 Å². The van der Waals surface area contributed by atoms with Crippen LogP contribution in [0.15, 0.2) is 12.1 Å². The van der Waals surface area contributed by atoms with Gasteiger partial charge in [0.05, 0.1) is 6.61 Å². The van der Waals surface area contributed by atoms with Crippen molar-refractivity contribution in [3.8, 4) is 5.75 Å². The smallest absolute Gasteiger partial charge is 0.471 e. The number of phosphoric acid groups is 1. The maximum absolute atomic E-state index is 11.4. The Morgan fingerprint density at radius 1 is 1.04 bits per heavy atom. The molecule has 0 spiro atoms. The predicted octanol–water partition coefficient (Wildman–Crippen LogP) is 4.29. The molecule has 0 aliphatic carbocycles. The van der Waals surface area contributed by atoms with E-state index in [-0.39, 0.29) is 17.4 Å². The molecular formula is C17H29O5P. The molecule has 132 valence electrons. The van der Waals surface area contributed by atoms with Crippen LogP contribution in [0.25, 0.3) is 0 Å². The first kappa shape index (κ1) is 20.2. The molecule has 0 aliphatic heterocycles. The molecule has 0 aromatic heterocycles. The highest BCUT2D eigenvalue weighted by Gasteiger charge is 2.26. The van der Waals surface area contributed by atoms with Crippen molar-refractivity contribution in [3.05, 3.63) is 28.8 Å². The highest BCUT2D eigenvalue weighted by atomic mass is 31.2. The Kier molecular flexibility index (Phi) is 6.09. The van der Waals surface area contributed by atoms with Crippen LogP contribution < -0.4 is 0 Å². The van der Waals surface area contributed by atoms with E-state index in [0.29, 0.717) is 12.2 Å². The van der Waals surface area contributed by atoms with E-state index in [0.717, 1.165) is 23.8 Å². The molecule has 0 bridgehead atoms. The van der Waals surface area contributed by atoms with Crippen LogP contribution in [0.3, 0.4) is 0 Å². The summed E-state index contributed by atoms with van der Waals surface area (Å²) in [7, 11) is -2.82. The van der Waals surface area contributed by atoms with Gasteiger partial charge in [-0.3, -0.25) is 9.05 Å². The molecule has 1 atom stereocenters. The summed E-state index contributed by atoms with van der Waals surface area (Å²) >= 11 is 0. The van der Waals surface area contributed by atoms with Crippen LogP contribution in [-0.4, -0.2) is 23.7 Å². The number of phosphoric ester groups is 1. The highest BCUT2D eigenvalue weighted by molar-refractivity contribution is 7.47. The van der Waals surface area contributed by atoms with E-state index in [2.05, 4.69) is 4.52 Å².